The highest BCUT2D eigenvalue weighted by Crippen LogP contribution is 3.05. The summed E-state index contributed by atoms with van der Waals surface area (Å²) in [5.41, 5.74) is 0.389. The lowest BCUT2D eigenvalue weighted by Gasteiger charge is -2.78. The van der Waals surface area contributed by atoms with Gasteiger partial charge in [0.1, 0.15) is 16.6 Å². The van der Waals surface area contributed by atoms with Crippen LogP contribution in [0.3, 0.4) is 0 Å². The van der Waals surface area contributed by atoms with Crippen LogP contribution in [0.25, 0.3) is 4.85 Å². The standard InChI is InChI=1S/C29H33N2O6/c1-13-16-7-8-17-24-12-37-29(36,22(35)28(24)23(2,11-31-28)10-9-18(24)32)27(17)21(34)25(19(13)26(16,25)27)20(33)14-3-5-15(30)6-4-14/h14-17,19,22,35-36H,1,3-10,12,30H2,2H3/q+1/t14?,15?,16-,17?,19?,22-,23-,24+,25?,26?,27-,28-,29+/m0/s1. The minimum absolute atomic E-state index is 0.0223. The highest BCUT2D eigenvalue weighted by Gasteiger charge is 3.15. The van der Waals surface area contributed by atoms with Crippen LogP contribution in [0.15, 0.2) is 12.2 Å². The molecule has 0 aromatic heterocycles. The molecule has 7 aliphatic carbocycles. The number of aliphatic hydroxyl groups excluding tert-OH is 1. The minimum Gasteiger partial charge on any atom is -0.380 e. The van der Waals surface area contributed by atoms with Gasteiger partial charge in [-0.15, -0.1) is 0 Å². The summed E-state index contributed by atoms with van der Waals surface area (Å²) in [7, 11) is 0. The maximum atomic E-state index is 14.8. The number of carbonyl (C=O) groups is 3. The first-order valence-electron chi connectivity index (χ1n) is 14.1. The summed E-state index contributed by atoms with van der Waals surface area (Å²) < 4.78 is 6.16. The normalized spacial score (nSPS) is 64.7. The van der Waals surface area contributed by atoms with Crippen molar-refractivity contribution in [1.29, 1.82) is 0 Å². The van der Waals surface area contributed by atoms with Gasteiger partial charge >= 0.3 is 5.54 Å². The predicted octanol–water partition coefficient (Wildman–Crippen LogP) is 1.37. The Morgan fingerprint density at radius 3 is 2.59 bits per heavy atom. The maximum Gasteiger partial charge on any atom is 0.348 e. The van der Waals surface area contributed by atoms with Gasteiger partial charge in [0.05, 0.1) is 12.0 Å². The lowest BCUT2D eigenvalue weighted by Crippen LogP contribution is -2.95. The first kappa shape index (κ1) is 22.0. The molecule has 3 aliphatic heterocycles. The summed E-state index contributed by atoms with van der Waals surface area (Å²) in [6.45, 7) is 6.22. The molecule has 2 bridgehead atoms. The third-order valence-electron chi connectivity index (χ3n) is 13.8. The Kier molecular flexibility index (Phi) is 3.28. The molecular weight excluding hydrogens is 472 g/mol. The molecule has 3 heterocycles. The average molecular weight is 506 g/mol. The van der Waals surface area contributed by atoms with Crippen molar-refractivity contribution in [3.05, 3.63) is 17.0 Å². The maximum absolute atomic E-state index is 14.8. The molecule has 4 N–H and O–H groups in total. The van der Waals surface area contributed by atoms with Gasteiger partial charge < -0.3 is 20.7 Å². The fourth-order valence-corrected chi connectivity index (χ4v) is 12.7. The third kappa shape index (κ3) is 1.48. The number of rotatable bonds is 2. The second kappa shape index (κ2) is 5.54. The van der Waals surface area contributed by atoms with Crippen molar-refractivity contribution in [2.45, 2.75) is 81.8 Å². The van der Waals surface area contributed by atoms with Crippen LogP contribution in [0, 0.1) is 56.8 Å². The molecule has 2 saturated heterocycles. The Morgan fingerprint density at radius 1 is 1.19 bits per heavy atom. The van der Waals surface area contributed by atoms with Crippen molar-refractivity contribution in [3.8, 4) is 6.07 Å². The van der Waals surface area contributed by atoms with Crippen LogP contribution >= 0.6 is 0 Å². The van der Waals surface area contributed by atoms with Crippen LogP contribution in [0.2, 0.25) is 0 Å². The van der Waals surface area contributed by atoms with Crippen LogP contribution < -0.4 is 5.73 Å². The molecule has 11 atom stereocenters. The minimum atomic E-state index is -2.20. The van der Waals surface area contributed by atoms with E-state index in [4.69, 9.17) is 10.5 Å². The molecule has 0 aromatic rings. The van der Waals surface area contributed by atoms with Crippen LogP contribution in [0.4, 0.5) is 0 Å². The van der Waals surface area contributed by atoms with E-state index >= 15 is 0 Å². The number of hydrogen-bond donors (Lipinski definition) is 3. The second-order valence-corrected chi connectivity index (χ2v) is 14.1. The number of hydrogen-bond acceptors (Lipinski definition) is 7. The largest absolute Gasteiger partial charge is 0.380 e. The highest BCUT2D eigenvalue weighted by molar-refractivity contribution is 6.25. The molecule has 8 heteroatoms. The summed E-state index contributed by atoms with van der Waals surface area (Å²) in [5.74, 6) is -3.75. The second-order valence-electron chi connectivity index (χ2n) is 14.1. The summed E-state index contributed by atoms with van der Waals surface area (Å²) in [6.07, 6.45) is 3.38. The Bertz CT molecular complexity index is 1370. The van der Waals surface area contributed by atoms with Crippen molar-refractivity contribution < 1.29 is 29.3 Å². The van der Waals surface area contributed by atoms with Gasteiger partial charge in [-0.25, -0.2) is 0 Å². The Hall–Kier alpha value is -1.92. The van der Waals surface area contributed by atoms with Crippen LogP contribution in [0.1, 0.15) is 58.3 Å². The van der Waals surface area contributed by atoms with E-state index in [1.807, 2.05) is 6.92 Å². The molecule has 37 heavy (non-hydrogen) atoms. The molecular formula is C29H33N2O6+. The van der Waals surface area contributed by atoms with E-state index in [1.54, 1.807) is 0 Å². The molecule has 9 fully saturated rings. The number of aliphatic hydroxyl groups is 2. The topological polar surface area (TPSA) is 131 Å². The number of allylic oxidation sites excluding steroid dienone is 1. The van der Waals surface area contributed by atoms with Crippen molar-refractivity contribution in [3.63, 3.8) is 0 Å². The van der Waals surface area contributed by atoms with Gasteiger partial charge in [0.25, 0.3) is 6.07 Å². The number of nitrogens with two attached hydrogens (primary N) is 1. The first-order chi connectivity index (χ1) is 17.5. The van der Waals surface area contributed by atoms with Gasteiger partial charge in [0, 0.05) is 35.6 Å². The monoisotopic (exact) mass is 505 g/mol. The highest BCUT2D eigenvalue weighted by atomic mass is 16.6. The van der Waals surface area contributed by atoms with Crippen LogP contribution in [0.5, 0.6) is 0 Å². The zero-order chi connectivity index (χ0) is 25.8. The van der Waals surface area contributed by atoms with E-state index in [2.05, 4.69) is 17.5 Å². The number of ether oxygens (including phenoxy) is 1. The van der Waals surface area contributed by atoms with E-state index < -0.39 is 50.4 Å². The molecule has 0 radical (unpaired) electrons. The van der Waals surface area contributed by atoms with Crippen LogP contribution in [-0.2, 0) is 19.1 Å². The zero-order valence-electron chi connectivity index (χ0n) is 21.1. The van der Waals surface area contributed by atoms with Gasteiger partial charge in [-0.05, 0) is 57.8 Å². The van der Waals surface area contributed by atoms with E-state index in [-0.39, 0.29) is 47.8 Å². The molecule has 10 rings (SSSR count). The molecule has 0 amide bonds. The summed E-state index contributed by atoms with van der Waals surface area (Å²) in [5, 5.41) is 24.5. The van der Waals surface area contributed by atoms with E-state index in [0.29, 0.717) is 32.1 Å². The Labute approximate surface area is 214 Å². The summed E-state index contributed by atoms with van der Waals surface area (Å²) in [6, 6.07) is 3.19. The zero-order valence-corrected chi connectivity index (χ0v) is 21.1. The lowest BCUT2D eigenvalue weighted by molar-refractivity contribution is -0.453. The van der Waals surface area contributed by atoms with Gasteiger partial charge in [0.2, 0.25) is 5.79 Å². The fourth-order valence-electron chi connectivity index (χ4n) is 12.7. The first-order valence-corrected chi connectivity index (χ1v) is 14.1. The number of Topliss-reactive ketones (excluding diaryl/α,β-unsaturated/α-hetero) is 3. The van der Waals surface area contributed by atoms with Crippen molar-refractivity contribution in [1.82, 2.24) is 0 Å². The number of fused-ring (bicyclic) bond motifs is 2. The molecule has 8 nitrogen and oxygen atoms in total. The van der Waals surface area contributed by atoms with E-state index in [1.165, 1.54) is 0 Å². The molecule has 4 unspecified atom stereocenters. The van der Waals surface area contributed by atoms with Crippen LogP contribution in [-0.4, -0.2) is 57.6 Å². The van der Waals surface area contributed by atoms with Gasteiger partial charge in [-0.3, -0.25) is 14.4 Å². The number of nitrogens with zero attached hydrogens (tertiary/aromatic N) is 1. The van der Waals surface area contributed by atoms with Crippen molar-refractivity contribution >= 4 is 17.3 Å². The average Bonchev–Trinajstić information content (AvgIpc) is 3.36. The Balaban J connectivity index is 1.26. The smallest absolute Gasteiger partial charge is 0.348 e. The van der Waals surface area contributed by atoms with Gasteiger partial charge in [-0.1, -0.05) is 17.0 Å². The number of ketones is 3. The Morgan fingerprint density at radius 2 is 1.92 bits per heavy atom. The molecule has 7 saturated carbocycles. The quantitative estimate of drug-likeness (QED) is 0.382. The number of carbonyl (C=O) groups excluding carboxylic acids is 3. The predicted molar refractivity (Wildman–Crippen MR) is 128 cm³/mol. The van der Waals surface area contributed by atoms with Crippen molar-refractivity contribution in [2.75, 3.05) is 6.61 Å². The molecule has 10 aliphatic rings. The summed E-state index contributed by atoms with van der Waals surface area (Å²) in [4.78, 5) is 47.8. The molecule has 4 spiro atoms. The summed E-state index contributed by atoms with van der Waals surface area (Å²) >= 11 is 0. The molecule has 0 aromatic carbocycles. The third-order valence-corrected chi connectivity index (χ3v) is 13.8. The fraction of sp³-hybridized carbons (Fsp3) is 0.793. The van der Waals surface area contributed by atoms with Gasteiger partial charge in [-0.2, -0.15) is 0 Å². The van der Waals surface area contributed by atoms with Crippen molar-refractivity contribution in [2.24, 2.45) is 56.5 Å². The van der Waals surface area contributed by atoms with E-state index in [9.17, 15) is 24.6 Å². The molecule has 194 valence electrons. The SMILES string of the molecule is C=C1C2C3(C(=O)C4CCC(N)CC4)C(=O)[C@@]45C(CC[C@@H]1C234)[C@@]12CO[C@]5(O)[C@@H](O)[C@@]13[N+]#C[C@]3(C)CCC2=O. The lowest BCUT2D eigenvalue weighted by atomic mass is 9.24. The van der Waals surface area contributed by atoms with Gasteiger partial charge in [0.15, 0.2) is 23.1 Å². The van der Waals surface area contributed by atoms with E-state index in [0.717, 1.165) is 24.8 Å².